The number of allylic oxidation sites excluding steroid dienone is 4. The highest BCUT2D eigenvalue weighted by molar-refractivity contribution is 7.99. The predicted molar refractivity (Wildman–Crippen MR) is 95.2 cm³/mol. The monoisotopic (exact) mass is 298 g/mol. The molecular weight excluding hydrogens is 272 g/mol. The highest BCUT2D eigenvalue weighted by atomic mass is 32.2. The highest BCUT2D eigenvalue weighted by Crippen LogP contribution is 2.17. The minimum absolute atomic E-state index is 0.908. The smallest absolute Gasteiger partial charge is 0.0560 e. The van der Waals surface area contributed by atoms with Crippen molar-refractivity contribution < 1.29 is 0 Å². The van der Waals surface area contributed by atoms with Gasteiger partial charge >= 0.3 is 0 Å². The summed E-state index contributed by atoms with van der Waals surface area (Å²) in [5.74, 6) is 15.1. The second-order valence-corrected chi connectivity index (χ2v) is 6.74. The summed E-state index contributed by atoms with van der Waals surface area (Å²) in [5.41, 5.74) is 2.73. The zero-order chi connectivity index (χ0) is 14.6. The molecule has 0 spiro atoms. The Kier molecular flexibility index (Phi) is 8.27. The molecule has 0 saturated heterocycles. The van der Waals surface area contributed by atoms with E-state index in [1.165, 1.54) is 75.4 Å². The second-order valence-electron chi connectivity index (χ2n) is 5.75. The fourth-order valence-electron chi connectivity index (χ4n) is 2.71. The largest absolute Gasteiger partial charge is 0.136 e. The molecule has 0 amide bonds. The molecule has 0 saturated carbocycles. The van der Waals surface area contributed by atoms with Gasteiger partial charge in [-0.3, -0.25) is 0 Å². The first kappa shape index (κ1) is 16.3. The summed E-state index contributed by atoms with van der Waals surface area (Å²) < 4.78 is 0. The molecule has 0 heterocycles. The Balaban J connectivity index is 1.64. The Bertz CT molecular complexity index is 441. The van der Waals surface area contributed by atoms with Gasteiger partial charge in [0, 0.05) is 0 Å². The topological polar surface area (TPSA) is 0 Å². The van der Waals surface area contributed by atoms with Gasteiger partial charge < -0.3 is 0 Å². The van der Waals surface area contributed by atoms with Crippen LogP contribution in [0.5, 0.6) is 0 Å². The molecular formula is C20H26S. The van der Waals surface area contributed by atoms with Gasteiger partial charge in [-0.2, -0.15) is 0 Å². The molecule has 2 rings (SSSR count). The van der Waals surface area contributed by atoms with Crippen LogP contribution in [0.25, 0.3) is 0 Å². The van der Waals surface area contributed by atoms with E-state index >= 15 is 0 Å². The lowest BCUT2D eigenvalue weighted by atomic mass is 10.1. The van der Waals surface area contributed by atoms with Gasteiger partial charge in [-0.15, -0.1) is 11.8 Å². The van der Waals surface area contributed by atoms with Crippen molar-refractivity contribution in [3.63, 3.8) is 0 Å². The van der Waals surface area contributed by atoms with Gasteiger partial charge in [0.05, 0.1) is 11.5 Å². The van der Waals surface area contributed by atoms with Gasteiger partial charge in [0.2, 0.25) is 0 Å². The van der Waals surface area contributed by atoms with E-state index in [2.05, 4.69) is 35.8 Å². The average molecular weight is 298 g/mol. The van der Waals surface area contributed by atoms with Crippen molar-refractivity contribution in [2.45, 2.75) is 64.2 Å². The molecule has 0 N–H and O–H groups in total. The van der Waals surface area contributed by atoms with E-state index < -0.39 is 0 Å². The average Bonchev–Trinajstić information content (AvgIpc) is 2.91. The zero-order valence-electron chi connectivity index (χ0n) is 13.0. The van der Waals surface area contributed by atoms with Crippen molar-refractivity contribution in [2.75, 3.05) is 11.5 Å². The van der Waals surface area contributed by atoms with Crippen LogP contribution in [0.15, 0.2) is 23.3 Å². The Morgan fingerprint density at radius 3 is 1.76 bits per heavy atom. The third-order valence-electron chi connectivity index (χ3n) is 3.93. The quantitative estimate of drug-likeness (QED) is 0.478. The third kappa shape index (κ3) is 7.50. The summed E-state index contributed by atoms with van der Waals surface area (Å²) in [5, 5.41) is 0. The summed E-state index contributed by atoms with van der Waals surface area (Å²) in [6.45, 7) is 0. The molecule has 0 aliphatic heterocycles. The first-order valence-electron chi connectivity index (χ1n) is 8.39. The summed E-state index contributed by atoms with van der Waals surface area (Å²) in [6, 6.07) is 0. The molecule has 0 aromatic rings. The normalized spacial score (nSPS) is 18.9. The van der Waals surface area contributed by atoms with Gasteiger partial charge in [-0.25, -0.2) is 0 Å². The maximum absolute atomic E-state index is 3.34. The lowest BCUT2D eigenvalue weighted by Crippen LogP contribution is -1.81. The summed E-state index contributed by atoms with van der Waals surface area (Å²) in [6.07, 6.45) is 17.5. The summed E-state index contributed by atoms with van der Waals surface area (Å²) in [4.78, 5) is 0. The molecule has 0 fully saturated rings. The van der Waals surface area contributed by atoms with Crippen LogP contribution >= 0.6 is 11.8 Å². The number of rotatable bonds is 2. The van der Waals surface area contributed by atoms with Gasteiger partial charge in [0.25, 0.3) is 0 Å². The molecule has 21 heavy (non-hydrogen) atoms. The number of hydrogen-bond donors (Lipinski definition) is 0. The second kappa shape index (κ2) is 10.6. The van der Waals surface area contributed by atoms with Crippen molar-refractivity contribution in [3.8, 4) is 23.7 Å². The van der Waals surface area contributed by atoms with Crippen LogP contribution in [0.3, 0.4) is 0 Å². The van der Waals surface area contributed by atoms with Crippen molar-refractivity contribution in [2.24, 2.45) is 0 Å². The molecule has 0 aromatic heterocycles. The maximum atomic E-state index is 3.34. The molecule has 0 atom stereocenters. The SMILES string of the molecule is C(#CC1=CCCCCC1)CSCC#CC1=CCCCCC1. The molecule has 2 aliphatic rings. The molecule has 0 aromatic carbocycles. The van der Waals surface area contributed by atoms with Crippen molar-refractivity contribution in [3.05, 3.63) is 23.3 Å². The standard InChI is InChI=1S/C20H26S/c1-2-6-12-19(11-5-1)15-9-17-21-18-10-16-20-13-7-3-4-8-14-20/h11,13H,1-8,12,14,17-18H2. The summed E-state index contributed by atoms with van der Waals surface area (Å²) in [7, 11) is 0. The summed E-state index contributed by atoms with van der Waals surface area (Å²) >= 11 is 1.84. The Morgan fingerprint density at radius 1 is 0.714 bits per heavy atom. The van der Waals surface area contributed by atoms with Gasteiger partial charge in [0.15, 0.2) is 0 Å². The number of hydrogen-bond acceptors (Lipinski definition) is 1. The Hall–Kier alpha value is -1.05. The maximum Gasteiger partial charge on any atom is 0.0560 e. The Labute approximate surface area is 134 Å². The third-order valence-corrected chi connectivity index (χ3v) is 4.63. The first-order valence-corrected chi connectivity index (χ1v) is 9.54. The number of thioether (sulfide) groups is 1. The first-order chi connectivity index (χ1) is 10.4. The molecule has 0 radical (unpaired) electrons. The fourth-order valence-corrected chi connectivity index (χ4v) is 3.16. The fraction of sp³-hybridized carbons (Fsp3) is 0.600. The van der Waals surface area contributed by atoms with E-state index in [4.69, 9.17) is 0 Å². The van der Waals surface area contributed by atoms with Gasteiger partial charge in [-0.05, 0) is 62.5 Å². The van der Waals surface area contributed by atoms with E-state index in [0.29, 0.717) is 0 Å². The molecule has 1 heteroatoms. The van der Waals surface area contributed by atoms with E-state index in [1.54, 1.807) is 0 Å². The minimum atomic E-state index is 0.908. The highest BCUT2D eigenvalue weighted by Gasteiger charge is 1.99. The molecule has 0 nitrogen and oxygen atoms in total. The van der Waals surface area contributed by atoms with Gasteiger partial charge in [0.1, 0.15) is 0 Å². The lowest BCUT2D eigenvalue weighted by Gasteiger charge is -1.94. The molecule has 0 unspecified atom stereocenters. The van der Waals surface area contributed by atoms with E-state index in [0.717, 1.165) is 11.5 Å². The molecule has 112 valence electrons. The van der Waals surface area contributed by atoms with Crippen LogP contribution in [-0.2, 0) is 0 Å². The van der Waals surface area contributed by atoms with Crippen molar-refractivity contribution in [1.82, 2.24) is 0 Å². The van der Waals surface area contributed by atoms with Gasteiger partial charge in [-0.1, -0.05) is 48.7 Å². The van der Waals surface area contributed by atoms with E-state index in [9.17, 15) is 0 Å². The Morgan fingerprint density at radius 2 is 1.24 bits per heavy atom. The van der Waals surface area contributed by atoms with Crippen LogP contribution < -0.4 is 0 Å². The van der Waals surface area contributed by atoms with Crippen molar-refractivity contribution >= 4 is 11.8 Å². The minimum Gasteiger partial charge on any atom is -0.136 e. The van der Waals surface area contributed by atoms with Crippen LogP contribution in [0.1, 0.15) is 64.2 Å². The van der Waals surface area contributed by atoms with Crippen LogP contribution in [0.2, 0.25) is 0 Å². The van der Waals surface area contributed by atoms with Crippen molar-refractivity contribution in [1.29, 1.82) is 0 Å². The van der Waals surface area contributed by atoms with Crippen LogP contribution in [-0.4, -0.2) is 11.5 Å². The lowest BCUT2D eigenvalue weighted by molar-refractivity contribution is 0.714. The molecule has 2 aliphatic carbocycles. The van der Waals surface area contributed by atoms with Crippen LogP contribution in [0, 0.1) is 23.7 Å². The van der Waals surface area contributed by atoms with E-state index in [1.807, 2.05) is 11.8 Å². The predicted octanol–water partition coefficient (Wildman–Crippen LogP) is 5.51. The zero-order valence-corrected chi connectivity index (χ0v) is 13.9. The molecule has 0 bridgehead atoms. The van der Waals surface area contributed by atoms with Crippen LogP contribution in [0.4, 0.5) is 0 Å². The van der Waals surface area contributed by atoms with E-state index in [-0.39, 0.29) is 0 Å².